The number of aliphatic carboxylic acids is 1. The van der Waals surface area contributed by atoms with Crippen molar-refractivity contribution >= 4 is 23.8 Å². The lowest BCUT2D eigenvalue weighted by Crippen LogP contribution is -2.43. The van der Waals surface area contributed by atoms with E-state index >= 15 is 0 Å². The molecule has 2 heterocycles. The highest BCUT2D eigenvalue weighted by atomic mass is 32.2. The van der Waals surface area contributed by atoms with Crippen LogP contribution in [0.15, 0.2) is 10.6 Å². The lowest BCUT2D eigenvalue weighted by atomic mass is 10.2. The molecule has 0 radical (unpaired) electrons. The highest BCUT2D eigenvalue weighted by Gasteiger charge is 2.43. The Morgan fingerprint density at radius 1 is 1.47 bits per heavy atom. The minimum Gasteiger partial charge on any atom is -0.479 e. The number of thioether (sulfide) groups is 1. The number of carboxylic acid groups (broad SMARTS) is 1. The van der Waals surface area contributed by atoms with E-state index in [2.05, 4.69) is 5.32 Å². The average molecular weight is 286 g/mol. The number of hydrogen-bond acceptors (Lipinski definition) is 5. The molecule has 19 heavy (non-hydrogen) atoms. The van der Waals surface area contributed by atoms with Crippen molar-refractivity contribution in [3.63, 3.8) is 0 Å². The van der Waals surface area contributed by atoms with Crippen LogP contribution in [0.1, 0.15) is 27.2 Å². The molecule has 0 aliphatic carbocycles. The van der Waals surface area contributed by atoms with Crippen molar-refractivity contribution in [2.24, 2.45) is 0 Å². The van der Waals surface area contributed by atoms with Gasteiger partial charge in [0.05, 0.1) is 0 Å². The Kier molecular flexibility index (Phi) is 3.78. The zero-order valence-electron chi connectivity index (χ0n) is 11.2. The molecule has 0 aromatic heterocycles. The summed E-state index contributed by atoms with van der Waals surface area (Å²) in [6.45, 7) is 6.65. The first kappa shape index (κ1) is 14.2. The normalized spacial score (nSPS) is 23.3. The molecular weight excluding hydrogens is 268 g/mol. The van der Waals surface area contributed by atoms with Gasteiger partial charge >= 0.3 is 12.1 Å². The fourth-order valence-electron chi connectivity index (χ4n) is 2.02. The van der Waals surface area contributed by atoms with Crippen molar-refractivity contribution in [1.29, 1.82) is 0 Å². The van der Waals surface area contributed by atoms with Gasteiger partial charge in [0.2, 0.25) is 0 Å². The van der Waals surface area contributed by atoms with E-state index in [0.29, 0.717) is 13.0 Å². The third kappa shape index (κ3) is 3.03. The molecule has 0 aromatic carbocycles. The molecule has 0 bridgehead atoms. The van der Waals surface area contributed by atoms with E-state index in [1.165, 1.54) is 16.7 Å². The lowest BCUT2D eigenvalue weighted by molar-refractivity contribution is -0.139. The van der Waals surface area contributed by atoms with Crippen LogP contribution in [0.25, 0.3) is 0 Å². The van der Waals surface area contributed by atoms with Crippen molar-refractivity contribution < 1.29 is 19.4 Å². The van der Waals surface area contributed by atoms with Crippen LogP contribution in [0.4, 0.5) is 4.79 Å². The summed E-state index contributed by atoms with van der Waals surface area (Å²) < 4.78 is 5.31. The molecule has 1 unspecified atom stereocenters. The minimum atomic E-state index is -1.02. The van der Waals surface area contributed by atoms with Crippen LogP contribution in [0, 0.1) is 0 Å². The van der Waals surface area contributed by atoms with Gasteiger partial charge in [-0.1, -0.05) is 11.8 Å². The Morgan fingerprint density at radius 2 is 2.16 bits per heavy atom. The van der Waals surface area contributed by atoms with Crippen molar-refractivity contribution in [3.8, 4) is 0 Å². The average Bonchev–Trinajstić information content (AvgIpc) is 2.65. The van der Waals surface area contributed by atoms with Gasteiger partial charge in [0.25, 0.3) is 0 Å². The van der Waals surface area contributed by atoms with Crippen molar-refractivity contribution in [1.82, 2.24) is 10.2 Å². The van der Waals surface area contributed by atoms with Gasteiger partial charge in [-0.05, 0) is 20.8 Å². The molecule has 0 saturated carbocycles. The molecule has 0 saturated heterocycles. The fourth-order valence-corrected chi connectivity index (χ4v) is 3.23. The fraction of sp³-hybridized carbons (Fsp3) is 0.667. The van der Waals surface area contributed by atoms with E-state index in [1.807, 2.05) is 0 Å². The maximum atomic E-state index is 12.2. The zero-order chi connectivity index (χ0) is 14.2. The Morgan fingerprint density at radius 3 is 2.74 bits per heavy atom. The second-order valence-corrected chi connectivity index (χ2v) is 6.63. The zero-order valence-corrected chi connectivity index (χ0v) is 12.0. The number of ether oxygens (including phenoxy) is 1. The van der Waals surface area contributed by atoms with Crippen LogP contribution in [0.5, 0.6) is 0 Å². The molecule has 2 aliphatic rings. The van der Waals surface area contributed by atoms with E-state index in [1.54, 1.807) is 20.8 Å². The maximum Gasteiger partial charge on any atom is 0.416 e. The first-order chi connectivity index (χ1) is 8.79. The lowest BCUT2D eigenvalue weighted by Gasteiger charge is -2.29. The number of carbonyl (C=O) groups is 2. The van der Waals surface area contributed by atoms with Crippen LogP contribution in [-0.2, 0) is 9.53 Å². The monoisotopic (exact) mass is 286 g/mol. The number of nitrogens with one attached hydrogen (secondary N) is 1. The van der Waals surface area contributed by atoms with E-state index < -0.39 is 23.0 Å². The largest absolute Gasteiger partial charge is 0.479 e. The quantitative estimate of drug-likeness (QED) is 0.762. The highest BCUT2D eigenvalue weighted by molar-refractivity contribution is 8.04. The van der Waals surface area contributed by atoms with Gasteiger partial charge in [-0.3, -0.25) is 4.90 Å². The van der Waals surface area contributed by atoms with E-state index in [0.717, 1.165) is 17.1 Å². The number of carbonyl (C=O) groups excluding carboxylic acids is 1. The number of amides is 1. The summed E-state index contributed by atoms with van der Waals surface area (Å²) in [5.41, 5.74) is 0.145. The van der Waals surface area contributed by atoms with Gasteiger partial charge < -0.3 is 15.2 Å². The molecule has 2 N–H and O–H groups in total. The molecule has 0 aromatic rings. The summed E-state index contributed by atoms with van der Waals surface area (Å²) in [5.74, 6) is -1.02. The highest BCUT2D eigenvalue weighted by Crippen LogP contribution is 2.41. The molecule has 2 aliphatic heterocycles. The van der Waals surface area contributed by atoms with Crippen LogP contribution in [-0.4, -0.2) is 46.1 Å². The Bertz CT molecular complexity index is 442. The first-order valence-corrected chi connectivity index (χ1v) is 7.02. The second-order valence-electron chi connectivity index (χ2n) is 5.46. The van der Waals surface area contributed by atoms with Crippen LogP contribution >= 0.6 is 11.8 Å². The second kappa shape index (κ2) is 5.05. The number of rotatable bonds is 1. The molecule has 1 amide bonds. The molecule has 7 heteroatoms. The summed E-state index contributed by atoms with van der Waals surface area (Å²) in [6, 6.07) is 0. The van der Waals surface area contributed by atoms with Crippen molar-refractivity contribution in [2.45, 2.75) is 38.2 Å². The third-order valence-corrected chi connectivity index (χ3v) is 4.03. The predicted octanol–water partition coefficient (Wildman–Crippen LogP) is 1.59. The molecular formula is C12H18N2O4S. The van der Waals surface area contributed by atoms with Crippen LogP contribution in [0.2, 0.25) is 0 Å². The number of hydrogen-bond donors (Lipinski definition) is 2. The number of carboxylic acids is 1. The first-order valence-electron chi connectivity index (χ1n) is 6.14. The summed E-state index contributed by atoms with van der Waals surface area (Å²) in [4.78, 5) is 25.7. The number of nitrogens with zero attached hydrogens (tertiary/aromatic N) is 1. The summed E-state index contributed by atoms with van der Waals surface area (Å²) in [6.07, 6.45) is 0.0602. The van der Waals surface area contributed by atoms with Crippen molar-refractivity contribution in [2.75, 3.05) is 13.1 Å². The van der Waals surface area contributed by atoms with E-state index in [4.69, 9.17) is 4.74 Å². The van der Waals surface area contributed by atoms with Crippen LogP contribution < -0.4 is 5.32 Å². The Balaban J connectivity index is 2.24. The van der Waals surface area contributed by atoms with Gasteiger partial charge in [-0.2, -0.15) is 0 Å². The van der Waals surface area contributed by atoms with Gasteiger partial charge in [0.15, 0.2) is 5.37 Å². The standard InChI is InChI=1S/C12H18N2O4S/c1-12(2,3)18-11(17)14-7-4-5-13-6-8(7)19-9(14)10(15)16/h9,13H,4-6H2,1-3H3,(H,15,16). The predicted molar refractivity (Wildman–Crippen MR) is 71.6 cm³/mol. The minimum absolute atomic E-state index is 0.584. The smallest absolute Gasteiger partial charge is 0.416 e. The molecule has 0 fully saturated rings. The maximum absolute atomic E-state index is 12.2. The summed E-state index contributed by atoms with van der Waals surface area (Å²) >= 11 is 1.21. The molecule has 1 atom stereocenters. The van der Waals surface area contributed by atoms with Crippen molar-refractivity contribution in [3.05, 3.63) is 10.6 Å². The van der Waals surface area contributed by atoms with Gasteiger partial charge in [0.1, 0.15) is 5.60 Å². The molecule has 2 rings (SSSR count). The van der Waals surface area contributed by atoms with E-state index in [-0.39, 0.29) is 0 Å². The van der Waals surface area contributed by atoms with E-state index in [9.17, 15) is 14.7 Å². The Hall–Kier alpha value is -1.21. The van der Waals surface area contributed by atoms with Gasteiger partial charge in [-0.25, -0.2) is 9.59 Å². The van der Waals surface area contributed by atoms with Gasteiger partial charge in [0, 0.05) is 30.1 Å². The summed E-state index contributed by atoms with van der Waals surface area (Å²) in [5, 5.41) is 11.5. The topological polar surface area (TPSA) is 78.9 Å². The molecule has 0 spiro atoms. The SMILES string of the molecule is CC(C)(C)OC(=O)N1C2=C(CNCC2)SC1C(=O)O. The molecule has 106 valence electrons. The molecule has 6 nitrogen and oxygen atoms in total. The third-order valence-electron chi connectivity index (χ3n) is 2.73. The summed E-state index contributed by atoms with van der Waals surface area (Å²) in [7, 11) is 0. The van der Waals surface area contributed by atoms with Gasteiger partial charge in [-0.15, -0.1) is 0 Å². The Labute approximate surface area is 116 Å². The van der Waals surface area contributed by atoms with Crippen LogP contribution in [0.3, 0.4) is 0 Å².